The molecule has 0 radical (unpaired) electrons. The maximum atomic E-state index is 12.6. The summed E-state index contributed by atoms with van der Waals surface area (Å²) in [6, 6.07) is 14.4. The summed E-state index contributed by atoms with van der Waals surface area (Å²) in [5.41, 5.74) is 0.0248. The van der Waals surface area contributed by atoms with Gasteiger partial charge in [0, 0.05) is 25.2 Å². The Hall–Kier alpha value is -2.45. The molecule has 1 aliphatic heterocycles. The molecule has 0 saturated carbocycles. The third-order valence-electron chi connectivity index (χ3n) is 4.49. The summed E-state index contributed by atoms with van der Waals surface area (Å²) in [5, 5.41) is 10.6. The van der Waals surface area contributed by atoms with E-state index in [1.54, 1.807) is 42.5 Å². The van der Waals surface area contributed by atoms with Crippen molar-refractivity contribution in [1.82, 2.24) is 4.31 Å². The predicted molar refractivity (Wildman–Crippen MR) is 96.5 cm³/mol. The standard InChI is InChI=1S/C18H20N2O5S/c21-20(22)16-6-8-17(9-7-16)25-14-15-10-12-19(13-11-15)26(23,24)18-4-2-1-3-5-18/h1-9,15H,10-14H2. The number of piperidine rings is 1. The molecule has 1 fully saturated rings. The fourth-order valence-electron chi connectivity index (χ4n) is 2.94. The van der Waals surface area contributed by atoms with Crippen molar-refractivity contribution in [2.45, 2.75) is 17.7 Å². The quantitative estimate of drug-likeness (QED) is 0.571. The minimum Gasteiger partial charge on any atom is -0.493 e. The molecule has 0 aliphatic carbocycles. The molecule has 0 N–H and O–H groups in total. The smallest absolute Gasteiger partial charge is 0.269 e. The van der Waals surface area contributed by atoms with Crippen molar-refractivity contribution in [3.8, 4) is 5.75 Å². The molecule has 0 bridgehead atoms. The summed E-state index contributed by atoms with van der Waals surface area (Å²) in [6.45, 7) is 1.40. The number of nitro groups is 1. The highest BCUT2D eigenvalue weighted by Gasteiger charge is 2.29. The number of benzene rings is 2. The van der Waals surface area contributed by atoms with Crippen LogP contribution in [-0.2, 0) is 10.0 Å². The Labute approximate surface area is 152 Å². The molecule has 2 aromatic rings. The summed E-state index contributed by atoms with van der Waals surface area (Å²) in [4.78, 5) is 10.5. The molecule has 7 nitrogen and oxygen atoms in total. The molecule has 1 saturated heterocycles. The number of nitro benzene ring substituents is 1. The monoisotopic (exact) mass is 376 g/mol. The van der Waals surface area contributed by atoms with E-state index >= 15 is 0 Å². The Morgan fingerprint density at radius 3 is 2.23 bits per heavy atom. The Balaban J connectivity index is 1.52. The molecule has 0 aromatic heterocycles. The second kappa shape index (κ2) is 7.84. The molecule has 26 heavy (non-hydrogen) atoms. The first-order valence-corrected chi connectivity index (χ1v) is 9.83. The zero-order chi connectivity index (χ0) is 18.6. The average Bonchev–Trinajstić information content (AvgIpc) is 2.67. The molecule has 138 valence electrons. The van der Waals surface area contributed by atoms with Gasteiger partial charge >= 0.3 is 0 Å². The summed E-state index contributed by atoms with van der Waals surface area (Å²) < 4.78 is 32.4. The third kappa shape index (κ3) is 4.20. The molecule has 8 heteroatoms. The second-order valence-corrected chi connectivity index (χ2v) is 8.16. The minimum absolute atomic E-state index is 0.0248. The van der Waals surface area contributed by atoms with Gasteiger partial charge in [0.1, 0.15) is 5.75 Å². The van der Waals surface area contributed by atoms with E-state index in [4.69, 9.17) is 4.74 Å². The van der Waals surface area contributed by atoms with Crippen LogP contribution < -0.4 is 4.74 Å². The van der Waals surface area contributed by atoms with Crippen LogP contribution in [0, 0.1) is 16.0 Å². The van der Waals surface area contributed by atoms with Crippen LogP contribution in [0.25, 0.3) is 0 Å². The first kappa shape index (κ1) is 18.3. The van der Waals surface area contributed by atoms with E-state index in [0.29, 0.717) is 30.3 Å². The maximum absolute atomic E-state index is 12.6. The lowest BCUT2D eigenvalue weighted by molar-refractivity contribution is -0.384. The Morgan fingerprint density at radius 1 is 1.04 bits per heavy atom. The van der Waals surface area contributed by atoms with Gasteiger partial charge in [-0.1, -0.05) is 18.2 Å². The Morgan fingerprint density at radius 2 is 1.65 bits per heavy atom. The molecule has 0 unspecified atom stereocenters. The van der Waals surface area contributed by atoms with E-state index in [0.717, 1.165) is 12.8 Å². The van der Waals surface area contributed by atoms with Crippen molar-refractivity contribution in [3.05, 3.63) is 64.7 Å². The molecule has 1 heterocycles. The van der Waals surface area contributed by atoms with Crippen LogP contribution in [0.1, 0.15) is 12.8 Å². The zero-order valence-electron chi connectivity index (χ0n) is 14.2. The Bertz CT molecular complexity index is 845. The normalized spacial score (nSPS) is 16.3. The van der Waals surface area contributed by atoms with Crippen molar-refractivity contribution in [3.63, 3.8) is 0 Å². The van der Waals surface area contributed by atoms with Gasteiger partial charge in [0.05, 0.1) is 16.4 Å². The zero-order valence-corrected chi connectivity index (χ0v) is 15.0. The van der Waals surface area contributed by atoms with Crippen LogP contribution >= 0.6 is 0 Å². The van der Waals surface area contributed by atoms with Crippen LogP contribution in [0.5, 0.6) is 5.75 Å². The van der Waals surface area contributed by atoms with Gasteiger partial charge in [-0.3, -0.25) is 10.1 Å². The number of ether oxygens (including phenoxy) is 1. The highest BCUT2D eigenvalue weighted by molar-refractivity contribution is 7.89. The van der Waals surface area contributed by atoms with Crippen molar-refractivity contribution in [2.24, 2.45) is 5.92 Å². The lowest BCUT2D eigenvalue weighted by Crippen LogP contribution is -2.39. The van der Waals surface area contributed by atoms with E-state index in [1.807, 2.05) is 0 Å². The number of sulfonamides is 1. The fourth-order valence-corrected chi connectivity index (χ4v) is 4.43. The van der Waals surface area contributed by atoms with Crippen molar-refractivity contribution in [2.75, 3.05) is 19.7 Å². The van der Waals surface area contributed by atoms with E-state index in [2.05, 4.69) is 0 Å². The first-order valence-electron chi connectivity index (χ1n) is 8.39. The highest BCUT2D eigenvalue weighted by atomic mass is 32.2. The van der Waals surface area contributed by atoms with Gasteiger partial charge in [0.2, 0.25) is 10.0 Å². The van der Waals surface area contributed by atoms with Gasteiger partial charge in [-0.25, -0.2) is 8.42 Å². The van der Waals surface area contributed by atoms with Crippen LogP contribution in [0.15, 0.2) is 59.5 Å². The fraction of sp³-hybridized carbons (Fsp3) is 0.333. The maximum Gasteiger partial charge on any atom is 0.269 e. The van der Waals surface area contributed by atoms with E-state index in [-0.39, 0.29) is 11.6 Å². The van der Waals surface area contributed by atoms with Gasteiger partial charge in [0.25, 0.3) is 5.69 Å². The number of hydrogen-bond acceptors (Lipinski definition) is 5. The third-order valence-corrected chi connectivity index (χ3v) is 6.40. The van der Waals surface area contributed by atoms with Gasteiger partial charge in [-0.15, -0.1) is 0 Å². The van der Waals surface area contributed by atoms with Crippen molar-refractivity contribution >= 4 is 15.7 Å². The molecular formula is C18H20N2O5S. The number of non-ortho nitro benzene ring substituents is 1. The van der Waals surface area contributed by atoms with Crippen molar-refractivity contribution < 1.29 is 18.1 Å². The molecule has 0 atom stereocenters. The van der Waals surface area contributed by atoms with Gasteiger partial charge in [-0.2, -0.15) is 4.31 Å². The van der Waals surface area contributed by atoms with Gasteiger partial charge in [0.15, 0.2) is 0 Å². The van der Waals surface area contributed by atoms with Crippen LogP contribution in [0.2, 0.25) is 0 Å². The van der Waals surface area contributed by atoms with Gasteiger partial charge in [-0.05, 0) is 43.0 Å². The summed E-state index contributed by atoms with van der Waals surface area (Å²) >= 11 is 0. The Kier molecular flexibility index (Phi) is 5.53. The number of nitrogens with zero attached hydrogens (tertiary/aromatic N) is 2. The minimum atomic E-state index is -3.44. The van der Waals surface area contributed by atoms with Crippen molar-refractivity contribution in [1.29, 1.82) is 0 Å². The highest BCUT2D eigenvalue weighted by Crippen LogP contribution is 2.25. The first-order chi connectivity index (χ1) is 12.5. The average molecular weight is 376 g/mol. The molecule has 0 amide bonds. The molecular weight excluding hydrogens is 356 g/mol. The number of rotatable bonds is 6. The second-order valence-electron chi connectivity index (χ2n) is 6.22. The number of hydrogen-bond donors (Lipinski definition) is 0. The van der Waals surface area contributed by atoms with E-state index in [1.165, 1.54) is 16.4 Å². The predicted octanol–water partition coefficient (Wildman–Crippen LogP) is 3.07. The van der Waals surface area contributed by atoms with Crippen LogP contribution in [-0.4, -0.2) is 37.3 Å². The SMILES string of the molecule is O=[N+]([O-])c1ccc(OCC2CCN(S(=O)(=O)c3ccccc3)CC2)cc1. The summed E-state index contributed by atoms with van der Waals surface area (Å²) in [6.07, 6.45) is 1.44. The lowest BCUT2D eigenvalue weighted by atomic mass is 9.99. The van der Waals surface area contributed by atoms with Crippen LogP contribution in [0.4, 0.5) is 5.69 Å². The largest absolute Gasteiger partial charge is 0.493 e. The molecule has 2 aromatic carbocycles. The molecule has 3 rings (SSSR count). The van der Waals surface area contributed by atoms with Crippen LogP contribution in [0.3, 0.4) is 0 Å². The topological polar surface area (TPSA) is 89.8 Å². The molecule has 0 spiro atoms. The van der Waals surface area contributed by atoms with Gasteiger partial charge < -0.3 is 4.74 Å². The van der Waals surface area contributed by atoms with E-state index < -0.39 is 14.9 Å². The summed E-state index contributed by atoms with van der Waals surface area (Å²) in [5.74, 6) is 0.836. The molecule has 1 aliphatic rings. The van der Waals surface area contributed by atoms with E-state index in [9.17, 15) is 18.5 Å². The lowest BCUT2D eigenvalue weighted by Gasteiger charge is -2.31. The summed E-state index contributed by atoms with van der Waals surface area (Å²) in [7, 11) is -3.44.